The van der Waals surface area contributed by atoms with Crippen molar-refractivity contribution >= 4 is 16.1 Å². The van der Waals surface area contributed by atoms with Gasteiger partial charge in [0, 0.05) is 58.3 Å². The van der Waals surface area contributed by atoms with Gasteiger partial charge in [0.2, 0.25) is 5.91 Å². The van der Waals surface area contributed by atoms with E-state index in [1.807, 2.05) is 4.90 Å². The van der Waals surface area contributed by atoms with E-state index in [1.54, 1.807) is 8.61 Å². The molecule has 1 amide bonds. The third-order valence-electron chi connectivity index (χ3n) is 4.19. The molecule has 0 radical (unpaired) electrons. The summed E-state index contributed by atoms with van der Waals surface area (Å²) in [6.07, 6.45) is 1.35. The Bertz CT molecular complexity index is 461. The molecule has 0 aliphatic carbocycles. The third-order valence-corrected chi connectivity index (χ3v) is 6.19. The highest BCUT2D eigenvalue weighted by molar-refractivity contribution is 7.86. The monoisotopic (exact) mass is 288 g/mol. The van der Waals surface area contributed by atoms with Gasteiger partial charge in [-0.1, -0.05) is 0 Å². The minimum atomic E-state index is -3.35. The lowest BCUT2D eigenvalue weighted by Gasteiger charge is -2.39. The summed E-state index contributed by atoms with van der Waals surface area (Å²) in [5.74, 6) is 0.171. The molecule has 0 bridgehead atoms. The molecule has 3 heterocycles. The summed E-state index contributed by atoms with van der Waals surface area (Å²) < 4.78 is 28.2. The molecule has 1 atom stereocenters. The minimum Gasteiger partial charge on any atom is -0.337 e. The predicted molar refractivity (Wildman–Crippen MR) is 69.7 cm³/mol. The first-order chi connectivity index (χ1) is 9.09. The van der Waals surface area contributed by atoms with Crippen LogP contribution < -0.4 is 5.32 Å². The smallest absolute Gasteiger partial charge is 0.282 e. The van der Waals surface area contributed by atoms with Crippen molar-refractivity contribution in [2.24, 2.45) is 0 Å². The standard InChI is InChI=1S/C11H20N4O3S/c16-11-2-1-10-9-14(7-8-15(10)11)19(17,18)13-5-3-12-4-6-13/h10,12H,1-9H2. The molecule has 1 unspecified atom stereocenters. The van der Waals surface area contributed by atoms with Crippen LogP contribution in [0, 0.1) is 0 Å². The number of carbonyl (C=O) groups is 1. The van der Waals surface area contributed by atoms with Gasteiger partial charge in [0.15, 0.2) is 0 Å². The van der Waals surface area contributed by atoms with Gasteiger partial charge in [-0.25, -0.2) is 0 Å². The van der Waals surface area contributed by atoms with Gasteiger partial charge in [0.05, 0.1) is 0 Å². The van der Waals surface area contributed by atoms with Crippen molar-refractivity contribution in [3.05, 3.63) is 0 Å². The van der Waals surface area contributed by atoms with E-state index in [-0.39, 0.29) is 11.9 Å². The van der Waals surface area contributed by atoms with Gasteiger partial charge in [-0.15, -0.1) is 0 Å². The number of amides is 1. The molecular weight excluding hydrogens is 268 g/mol. The van der Waals surface area contributed by atoms with Crippen LogP contribution in [-0.4, -0.2) is 79.7 Å². The number of nitrogens with zero attached hydrogens (tertiary/aromatic N) is 3. The molecular formula is C11H20N4O3S. The molecule has 1 N–H and O–H groups in total. The quantitative estimate of drug-likeness (QED) is 0.667. The molecule has 3 rings (SSSR count). The molecule has 0 aromatic carbocycles. The first-order valence-corrected chi connectivity index (χ1v) is 8.24. The fourth-order valence-corrected chi connectivity index (χ4v) is 4.73. The second-order valence-electron chi connectivity index (χ2n) is 5.29. The minimum absolute atomic E-state index is 0.0824. The highest BCUT2D eigenvalue weighted by Crippen LogP contribution is 2.25. The Morgan fingerprint density at radius 1 is 1.05 bits per heavy atom. The van der Waals surface area contributed by atoms with Crippen molar-refractivity contribution in [2.75, 3.05) is 45.8 Å². The molecule has 3 aliphatic rings. The number of hydrogen-bond acceptors (Lipinski definition) is 4. The Labute approximate surface area is 113 Å². The molecule has 3 saturated heterocycles. The van der Waals surface area contributed by atoms with Gasteiger partial charge in [0.25, 0.3) is 10.2 Å². The van der Waals surface area contributed by atoms with Gasteiger partial charge in [-0.2, -0.15) is 17.0 Å². The van der Waals surface area contributed by atoms with Gasteiger partial charge in [-0.3, -0.25) is 4.79 Å². The Kier molecular flexibility index (Phi) is 3.50. The van der Waals surface area contributed by atoms with Crippen LogP contribution in [0.25, 0.3) is 0 Å². The third kappa shape index (κ3) is 2.37. The maximum atomic E-state index is 12.5. The van der Waals surface area contributed by atoms with Crippen LogP contribution >= 0.6 is 0 Å². The van der Waals surface area contributed by atoms with Crippen molar-refractivity contribution in [3.8, 4) is 0 Å². The average molecular weight is 288 g/mol. The first kappa shape index (κ1) is 13.3. The van der Waals surface area contributed by atoms with E-state index >= 15 is 0 Å². The normalized spacial score (nSPS) is 30.6. The molecule has 0 aromatic rings. The van der Waals surface area contributed by atoms with Crippen LogP contribution in [-0.2, 0) is 15.0 Å². The number of fused-ring (bicyclic) bond motifs is 1. The number of rotatable bonds is 2. The SMILES string of the molecule is O=C1CCC2CN(S(=O)(=O)N3CCNCC3)CCN12. The Morgan fingerprint density at radius 2 is 1.79 bits per heavy atom. The summed E-state index contributed by atoms with van der Waals surface area (Å²) in [5.41, 5.74) is 0. The van der Waals surface area contributed by atoms with Crippen LogP contribution in [0.1, 0.15) is 12.8 Å². The lowest BCUT2D eigenvalue weighted by molar-refractivity contribution is -0.130. The topological polar surface area (TPSA) is 73.0 Å². The fraction of sp³-hybridized carbons (Fsp3) is 0.909. The van der Waals surface area contributed by atoms with Crippen LogP contribution in [0.5, 0.6) is 0 Å². The first-order valence-electron chi connectivity index (χ1n) is 6.84. The summed E-state index contributed by atoms with van der Waals surface area (Å²) in [6.45, 7) is 3.90. The number of nitrogens with one attached hydrogen (secondary N) is 1. The number of hydrogen-bond donors (Lipinski definition) is 1. The van der Waals surface area contributed by atoms with Gasteiger partial charge >= 0.3 is 0 Å². The maximum absolute atomic E-state index is 12.5. The molecule has 7 nitrogen and oxygen atoms in total. The van der Waals surface area contributed by atoms with E-state index < -0.39 is 10.2 Å². The van der Waals surface area contributed by atoms with E-state index in [1.165, 1.54) is 0 Å². The zero-order valence-corrected chi connectivity index (χ0v) is 11.7. The summed E-state index contributed by atoms with van der Waals surface area (Å²) in [7, 11) is -3.35. The lowest BCUT2D eigenvalue weighted by Crippen LogP contribution is -2.58. The Hall–Kier alpha value is -0.700. The molecule has 3 aliphatic heterocycles. The van der Waals surface area contributed by atoms with Crippen molar-refractivity contribution in [3.63, 3.8) is 0 Å². The summed E-state index contributed by atoms with van der Waals surface area (Å²) >= 11 is 0. The number of carbonyl (C=O) groups excluding carboxylic acids is 1. The largest absolute Gasteiger partial charge is 0.337 e. The van der Waals surface area contributed by atoms with Gasteiger partial charge < -0.3 is 10.2 Å². The van der Waals surface area contributed by atoms with Crippen LogP contribution in [0.4, 0.5) is 0 Å². The van der Waals surface area contributed by atoms with E-state index in [4.69, 9.17) is 0 Å². The van der Waals surface area contributed by atoms with Gasteiger partial charge in [0.1, 0.15) is 0 Å². The zero-order chi connectivity index (χ0) is 13.5. The molecule has 108 valence electrons. The predicted octanol–water partition coefficient (Wildman–Crippen LogP) is -1.56. The molecule has 3 fully saturated rings. The Morgan fingerprint density at radius 3 is 2.53 bits per heavy atom. The van der Waals surface area contributed by atoms with E-state index in [0.717, 1.165) is 6.42 Å². The lowest BCUT2D eigenvalue weighted by atomic mass is 10.2. The molecule has 0 spiro atoms. The van der Waals surface area contributed by atoms with Crippen molar-refractivity contribution in [1.82, 2.24) is 18.8 Å². The summed E-state index contributed by atoms with van der Waals surface area (Å²) in [5, 5.41) is 3.16. The van der Waals surface area contributed by atoms with E-state index in [9.17, 15) is 13.2 Å². The van der Waals surface area contributed by atoms with Crippen LogP contribution in [0.15, 0.2) is 0 Å². The number of piperazine rings is 2. The van der Waals surface area contributed by atoms with Crippen molar-refractivity contribution < 1.29 is 13.2 Å². The van der Waals surface area contributed by atoms with Crippen LogP contribution in [0.3, 0.4) is 0 Å². The van der Waals surface area contributed by atoms with Crippen LogP contribution in [0.2, 0.25) is 0 Å². The highest BCUT2D eigenvalue weighted by atomic mass is 32.2. The summed E-state index contributed by atoms with van der Waals surface area (Å²) in [4.78, 5) is 13.4. The second kappa shape index (κ2) is 5.01. The second-order valence-corrected chi connectivity index (χ2v) is 7.22. The molecule has 0 saturated carbocycles. The Balaban J connectivity index is 1.70. The molecule has 8 heteroatoms. The maximum Gasteiger partial charge on any atom is 0.282 e. The zero-order valence-electron chi connectivity index (χ0n) is 10.9. The molecule has 19 heavy (non-hydrogen) atoms. The highest BCUT2D eigenvalue weighted by Gasteiger charge is 2.41. The average Bonchev–Trinajstić information content (AvgIpc) is 2.81. The molecule has 0 aromatic heterocycles. The van der Waals surface area contributed by atoms with E-state index in [0.29, 0.717) is 52.2 Å². The van der Waals surface area contributed by atoms with Gasteiger partial charge in [-0.05, 0) is 6.42 Å². The van der Waals surface area contributed by atoms with Crippen molar-refractivity contribution in [1.29, 1.82) is 0 Å². The fourth-order valence-electron chi connectivity index (χ4n) is 3.08. The summed E-state index contributed by atoms with van der Waals surface area (Å²) in [6, 6.07) is 0.0824. The van der Waals surface area contributed by atoms with E-state index in [2.05, 4.69) is 5.32 Å². The van der Waals surface area contributed by atoms with Crippen molar-refractivity contribution in [2.45, 2.75) is 18.9 Å².